The minimum absolute atomic E-state index is 0.0803. The Balaban J connectivity index is 2.10. The fraction of sp³-hybridized carbons (Fsp3) is 0.600. The van der Waals surface area contributed by atoms with Crippen molar-refractivity contribution >= 4 is 10.0 Å². The molecule has 1 atom stereocenters. The number of nitrogens with zero attached hydrogens (tertiary/aromatic N) is 1. The second-order valence-electron chi connectivity index (χ2n) is 5.42. The van der Waals surface area contributed by atoms with Crippen LogP contribution in [0.2, 0.25) is 0 Å². The van der Waals surface area contributed by atoms with Gasteiger partial charge in [-0.15, -0.1) is 0 Å². The molecule has 112 valence electrons. The van der Waals surface area contributed by atoms with E-state index in [0.717, 1.165) is 24.8 Å². The lowest BCUT2D eigenvalue weighted by atomic mass is 10.0. The lowest BCUT2D eigenvalue weighted by Crippen LogP contribution is -2.28. The van der Waals surface area contributed by atoms with E-state index in [1.54, 1.807) is 28.6 Å². The molecule has 1 aromatic carbocycles. The van der Waals surface area contributed by atoms with Gasteiger partial charge in [0.05, 0.1) is 4.90 Å². The summed E-state index contributed by atoms with van der Waals surface area (Å²) in [6.45, 7) is 3.49. The fourth-order valence-electron chi connectivity index (χ4n) is 2.77. The first kappa shape index (κ1) is 15.5. The van der Waals surface area contributed by atoms with Crippen LogP contribution in [0, 0.1) is 5.92 Å². The number of benzene rings is 1. The van der Waals surface area contributed by atoms with E-state index in [0.29, 0.717) is 30.3 Å². The molecule has 2 rings (SSSR count). The lowest BCUT2D eigenvalue weighted by molar-refractivity contribution is 0.299. The van der Waals surface area contributed by atoms with Crippen molar-refractivity contribution in [3.05, 3.63) is 29.8 Å². The Kier molecular flexibility index (Phi) is 5.18. The van der Waals surface area contributed by atoms with Gasteiger partial charge in [-0.05, 0) is 42.9 Å². The Morgan fingerprint density at radius 3 is 2.60 bits per heavy atom. The van der Waals surface area contributed by atoms with Crippen molar-refractivity contribution in [1.29, 1.82) is 0 Å². The molecule has 0 spiro atoms. The van der Waals surface area contributed by atoms with Crippen LogP contribution < -0.4 is 0 Å². The number of aliphatic hydroxyl groups is 1. The number of aliphatic hydroxyl groups excluding tert-OH is 1. The molecule has 0 amide bonds. The fourth-order valence-corrected chi connectivity index (χ4v) is 4.30. The molecule has 1 aliphatic heterocycles. The number of hydrogen-bond acceptors (Lipinski definition) is 3. The normalized spacial score (nSPS) is 20.4. The molecular weight excluding hydrogens is 274 g/mol. The minimum Gasteiger partial charge on any atom is -0.396 e. The van der Waals surface area contributed by atoms with Gasteiger partial charge in [-0.1, -0.05) is 25.5 Å². The van der Waals surface area contributed by atoms with Gasteiger partial charge >= 0.3 is 0 Å². The quantitative estimate of drug-likeness (QED) is 0.874. The summed E-state index contributed by atoms with van der Waals surface area (Å²) in [5, 5.41) is 8.87. The van der Waals surface area contributed by atoms with Crippen molar-refractivity contribution in [3.8, 4) is 0 Å². The lowest BCUT2D eigenvalue weighted by Gasteiger charge is -2.16. The highest BCUT2D eigenvalue weighted by Gasteiger charge is 2.31. The highest BCUT2D eigenvalue weighted by Crippen LogP contribution is 2.26. The number of rotatable bonds is 6. The maximum atomic E-state index is 12.5. The maximum Gasteiger partial charge on any atom is 0.243 e. The van der Waals surface area contributed by atoms with Crippen LogP contribution in [0.25, 0.3) is 0 Å². The number of sulfonamides is 1. The third-order valence-corrected chi connectivity index (χ3v) is 5.79. The highest BCUT2D eigenvalue weighted by atomic mass is 32.2. The van der Waals surface area contributed by atoms with Gasteiger partial charge in [0.25, 0.3) is 0 Å². The summed E-state index contributed by atoms with van der Waals surface area (Å²) in [6.07, 6.45) is 3.73. The SMILES string of the molecule is CCCC1CCN(S(=O)(=O)c2ccc(CCO)cc2)C1. The van der Waals surface area contributed by atoms with Gasteiger partial charge in [-0.3, -0.25) is 0 Å². The Bertz CT molecular complexity index is 525. The third kappa shape index (κ3) is 3.40. The zero-order valence-corrected chi connectivity index (χ0v) is 12.8. The molecule has 1 aliphatic rings. The molecule has 1 heterocycles. The molecule has 4 nitrogen and oxygen atoms in total. The van der Waals surface area contributed by atoms with Gasteiger partial charge in [0.15, 0.2) is 0 Å². The molecule has 0 saturated carbocycles. The van der Waals surface area contributed by atoms with Gasteiger partial charge in [0, 0.05) is 19.7 Å². The first-order valence-electron chi connectivity index (χ1n) is 7.28. The van der Waals surface area contributed by atoms with Crippen LogP contribution in [0.4, 0.5) is 0 Å². The van der Waals surface area contributed by atoms with Crippen molar-refractivity contribution in [2.45, 2.75) is 37.5 Å². The molecule has 1 aromatic rings. The topological polar surface area (TPSA) is 57.6 Å². The third-order valence-electron chi connectivity index (χ3n) is 3.91. The van der Waals surface area contributed by atoms with Crippen molar-refractivity contribution in [2.24, 2.45) is 5.92 Å². The molecule has 0 bridgehead atoms. The zero-order chi connectivity index (χ0) is 14.6. The van der Waals surface area contributed by atoms with Gasteiger partial charge in [-0.2, -0.15) is 4.31 Å². The second-order valence-corrected chi connectivity index (χ2v) is 7.36. The van der Waals surface area contributed by atoms with E-state index in [1.807, 2.05) is 0 Å². The first-order chi connectivity index (χ1) is 9.57. The van der Waals surface area contributed by atoms with Crippen LogP contribution >= 0.6 is 0 Å². The molecule has 5 heteroatoms. The highest BCUT2D eigenvalue weighted by molar-refractivity contribution is 7.89. The molecule has 0 aromatic heterocycles. The van der Waals surface area contributed by atoms with E-state index in [4.69, 9.17) is 5.11 Å². The van der Waals surface area contributed by atoms with Crippen molar-refractivity contribution in [1.82, 2.24) is 4.31 Å². The summed E-state index contributed by atoms with van der Waals surface area (Å²) in [4.78, 5) is 0.358. The summed E-state index contributed by atoms with van der Waals surface area (Å²) in [5.74, 6) is 0.503. The largest absolute Gasteiger partial charge is 0.396 e. The molecule has 0 radical (unpaired) electrons. The van der Waals surface area contributed by atoms with Crippen molar-refractivity contribution in [2.75, 3.05) is 19.7 Å². The van der Waals surface area contributed by atoms with Crippen LogP contribution in [-0.4, -0.2) is 37.5 Å². The second kappa shape index (κ2) is 6.70. The van der Waals surface area contributed by atoms with E-state index in [1.165, 1.54) is 0 Å². The molecular formula is C15H23NO3S. The van der Waals surface area contributed by atoms with Crippen LogP contribution in [0.1, 0.15) is 31.7 Å². The van der Waals surface area contributed by atoms with Gasteiger partial charge < -0.3 is 5.11 Å². The van der Waals surface area contributed by atoms with Gasteiger partial charge in [-0.25, -0.2) is 8.42 Å². The first-order valence-corrected chi connectivity index (χ1v) is 8.72. The Morgan fingerprint density at radius 2 is 2.00 bits per heavy atom. The predicted molar refractivity (Wildman–Crippen MR) is 79.0 cm³/mol. The molecule has 1 saturated heterocycles. The van der Waals surface area contributed by atoms with E-state index < -0.39 is 10.0 Å². The van der Waals surface area contributed by atoms with Crippen LogP contribution in [0.15, 0.2) is 29.2 Å². The summed E-state index contributed by atoms with van der Waals surface area (Å²) in [6, 6.07) is 6.85. The smallest absolute Gasteiger partial charge is 0.243 e. The summed E-state index contributed by atoms with van der Waals surface area (Å²) in [7, 11) is -3.35. The van der Waals surface area contributed by atoms with Gasteiger partial charge in [0.1, 0.15) is 0 Å². The number of hydrogen-bond donors (Lipinski definition) is 1. The Labute approximate surface area is 121 Å². The molecule has 0 aliphatic carbocycles. The van der Waals surface area contributed by atoms with Crippen LogP contribution in [0.5, 0.6) is 0 Å². The average molecular weight is 297 g/mol. The monoisotopic (exact) mass is 297 g/mol. The molecule has 1 N–H and O–H groups in total. The average Bonchev–Trinajstić information content (AvgIpc) is 2.90. The summed E-state index contributed by atoms with van der Waals surface area (Å²) < 4.78 is 26.7. The Morgan fingerprint density at radius 1 is 1.30 bits per heavy atom. The van der Waals surface area contributed by atoms with Crippen LogP contribution in [-0.2, 0) is 16.4 Å². The van der Waals surface area contributed by atoms with Crippen molar-refractivity contribution < 1.29 is 13.5 Å². The minimum atomic E-state index is -3.35. The summed E-state index contributed by atoms with van der Waals surface area (Å²) in [5.41, 5.74) is 0.955. The van der Waals surface area contributed by atoms with E-state index in [9.17, 15) is 8.42 Å². The van der Waals surface area contributed by atoms with E-state index in [-0.39, 0.29) is 6.61 Å². The predicted octanol–water partition coefficient (Wildman–Crippen LogP) is 2.03. The van der Waals surface area contributed by atoms with E-state index >= 15 is 0 Å². The van der Waals surface area contributed by atoms with E-state index in [2.05, 4.69) is 6.92 Å². The Hall–Kier alpha value is -0.910. The van der Waals surface area contributed by atoms with Crippen LogP contribution in [0.3, 0.4) is 0 Å². The zero-order valence-electron chi connectivity index (χ0n) is 12.0. The van der Waals surface area contributed by atoms with Gasteiger partial charge in [0.2, 0.25) is 10.0 Å². The summed E-state index contributed by atoms with van der Waals surface area (Å²) >= 11 is 0. The maximum absolute atomic E-state index is 12.5. The van der Waals surface area contributed by atoms with Crippen molar-refractivity contribution in [3.63, 3.8) is 0 Å². The molecule has 20 heavy (non-hydrogen) atoms. The standard InChI is InChI=1S/C15H23NO3S/c1-2-3-14-8-10-16(12-14)20(18,19)15-6-4-13(5-7-15)9-11-17/h4-7,14,17H,2-3,8-12H2,1H3. The molecule has 1 unspecified atom stereocenters. The molecule has 1 fully saturated rings.